The van der Waals surface area contributed by atoms with Crippen molar-refractivity contribution in [1.29, 1.82) is 0 Å². The van der Waals surface area contributed by atoms with E-state index in [1.165, 1.54) is 0 Å². The van der Waals surface area contributed by atoms with Crippen molar-refractivity contribution in [3.63, 3.8) is 0 Å². The summed E-state index contributed by atoms with van der Waals surface area (Å²) in [6.07, 6.45) is 1.80. The highest BCUT2D eigenvalue weighted by molar-refractivity contribution is 14.0. The molecule has 142 valence electrons. The summed E-state index contributed by atoms with van der Waals surface area (Å²) in [7, 11) is 1.70. The number of rotatable bonds is 6. The summed E-state index contributed by atoms with van der Waals surface area (Å²) in [5.74, 6) is 1.71. The molecular weight excluding hydrogens is 453 g/mol. The number of methoxy groups -OCH3 is 1. The second-order valence-corrected chi connectivity index (χ2v) is 6.40. The molecule has 1 aliphatic rings. The molecule has 1 fully saturated rings. The third-order valence-electron chi connectivity index (χ3n) is 4.41. The Kier molecular flexibility index (Phi) is 9.89. The van der Waals surface area contributed by atoms with Gasteiger partial charge in [-0.1, -0.05) is 11.6 Å². The maximum Gasteiger partial charge on any atom is 0.191 e. The van der Waals surface area contributed by atoms with Gasteiger partial charge in [-0.3, -0.25) is 4.99 Å². The van der Waals surface area contributed by atoms with Crippen molar-refractivity contribution in [2.24, 2.45) is 4.99 Å². The van der Waals surface area contributed by atoms with E-state index >= 15 is 0 Å². The molecular formula is C18H29ClIN3O2. The van der Waals surface area contributed by atoms with E-state index in [0.29, 0.717) is 6.54 Å². The summed E-state index contributed by atoms with van der Waals surface area (Å²) in [4.78, 5) is 4.82. The lowest BCUT2D eigenvalue weighted by molar-refractivity contribution is 0.0523. The van der Waals surface area contributed by atoms with Gasteiger partial charge in [0.15, 0.2) is 5.96 Å². The van der Waals surface area contributed by atoms with Gasteiger partial charge >= 0.3 is 0 Å². The zero-order valence-electron chi connectivity index (χ0n) is 15.2. The van der Waals surface area contributed by atoms with Crippen LogP contribution in [0.15, 0.2) is 23.2 Å². The largest absolute Gasteiger partial charge is 0.496 e. The Morgan fingerprint density at radius 2 is 1.88 bits per heavy atom. The van der Waals surface area contributed by atoms with Crippen molar-refractivity contribution in [1.82, 2.24) is 10.6 Å². The highest BCUT2D eigenvalue weighted by Gasteiger charge is 2.37. The number of halogens is 2. The highest BCUT2D eigenvalue weighted by atomic mass is 127. The molecule has 2 N–H and O–H groups in total. The van der Waals surface area contributed by atoms with E-state index in [0.717, 1.165) is 61.4 Å². The molecule has 0 atom stereocenters. The molecule has 0 aliphatic carbocycles. The molecule has 2 rings (SSSR count). The smallest absolute Gasteiger partial charge is 0.191 e. The van der Waals surface area contributed by atoms with Crippen LogP contribution in [0.1, 0.15) is 32.3 Å². The van der Waals surface area contributed by atoms with E-state index < -0.39 is 0 Å². The molecule has 0 spiro atoms. The molecule has 0 aromatic heterocycles. The lowest BCUT2D eigenvalue weighted by atomic mass is 9.73. The molecule has 7 heteroatoms. The van der Waals surface area contributed by atoms with Gasteiger partial charge in [0.1, 0.15) is 5.75 Å². The monoisotopic (exact) mass is 481 g/mol. The van der Waals surface area contributed by atoms with Crippen molar-refractivity contribution in [2.75, 3.05) is 40.0 Å². The Morgan fingerprint density at radius 1 is 1.24 bits per heavy atom. The van der Waals surface area contributed by atoms with E-state index in [-0.39, 0.29) is 29.4 Å². The first-order chi connectivity index (χ1) is 11.6. The lowest BCUT2D eigenvalue weighted by Gasteiger charge is -2.37. The second-order valence-electron chi connectivity index (χ2n) is 5.96. The van der Waals surface area contributed by atoms with Gasteiger partial charge in [-0.15, -0.1) is 24.0 Å². The summed E-state index contributed by atoms with van der Waals surface area (Å²) in [5, 5.41) is 7.29. The normalized spacial score (nSPS) is 15.7. The van der Waals surface area contributed by atoms with Crippen LogP contribution in [0.25, 0.3) is 0 Å². The van der Waals surface area contributed by atoms with Crippen molar-refractivity contribution in [2.45, 2.75) is 32.1 Å². The van der Waals surface area contributed by atoms with E-state index in [9.17, 15) is 0 Å². The van der Waals surface area contributed by atoms with Gasteiger partial charge in [-0.25, -0.2) is 0 Å². The average molecular weight is 482 g/mol. The number of nitrogens with zero attached hydrogens (tertiary/aromatic N) is 1. The van der Waals surface area contributed by atoms with E-state index in [1.807, 2.05) is 18.2 Å². The number of ether oxygens (including phenoxy) is 2. The first-order valence-corrected chi connectivity index (χ1v) is 8.97. The fraction of sp³-hybridized carbons (Fsp3) is 0.611. The number of benzene rings is 1. The van der Waals surface area contributed by atoms with Crippen LogP contribution >= 0.6 is 35.6 Å². The van der Waals surface area contributed by atoms with E-state index in [1.54, 1.807) is 7.11 Å². The zero-order chi connectivity index (χ0) is 17.4. The van der Waals surface area contributed by atoms with Crippen LogP contribution in [0.4, 0.5) is 0 Å². The molecule has 1 saturated heterocycles. The van der Waals surface area contributed by atoms with Gasteiger partial charge in [-0.2, -0.15) is 0 Å². The highest BCUT2D eigenvalue weighted by Crippen LogP contribution is 2.41. The number of nitrogens with one attached hydrogen (secondary N) is 2. The van der Waals surface area contributed by atoms with Crippen LogP contribution in [0.2, 0.25) is 5.02 Å². The SMILES string of the molecule is CCNC(=NCC1(c2cc(Cl)ccc2OC)CCOCC1)NCC.I. The Bertz CT molecular complexity index is 555. The third-order valence-corrected chi connectivity index (χ3v) is 4.65. The first kappa shape index (κ1) is 22.3. The van der Waals surface area contributed by atoms with Gasteiger partial charge < -0.3 is 20.1 Å². The Morgan fingerprint density at radius 3 is 2.44 bits per heavy atom. The molecule has 25 heavy (non-hydrogen) atoms. The van der Waals surface area contributed by atoms with Crippen molar-refractivity contribution >= 4 is 41.5 Å². The minimum absolute atomic E-state index is 0. The molecule has 0 bridgehead atoms. The topological polar surface area (TPSA) is 54.9 Å². The number of aliphatic imine (C=N–C) groups is 1. The van der Waals surface area contributed by atoms with Gasteiger partial charge in [-0.05, 0) is 44.9 Å². The number of hydrogen-bond donors (Lipinski definition) is 2. The third kappa shape index (κ3) is 5.89. The zero-order valence-corrected chi connectivity index (χ0v) is 18.3. The van der Waals surface area contributed by atoms with E-state index in [4.69, 9.17) is 26.1 Å². The van der Waals surface area contributed by atoms with Crippen LogP contribution in [-0.4, -0.2) is 45.9 Å². The van der Waals surface area contributed by atoms with Gasteiger partial charge in [0.05, 0.1) is 13.7 Å². The lowest BCUT2D eigenvalue weighted by Crippen LogP contribution is -2.41. The number of hydrogen-bond acceptors (Lipinski definition) is 3. The fourth-order valence-corrected chi connectivity index (χ4v) is 3.28. The standard InChI is InChI=1S/C18H28ClN3O2.HI/c1-4-20-17(21-5-2)22-13-18(8-10-24-11-9-18)15-12-14(19)6-7-16(15)23-3;/h6-7,12H,4-5,8-11,13H2,1-3H3,(H2,20,21,22);1H. The maximum atomic E-state index is 6.27. The fourth-order valence-electron chi connectivity index (χ4n) is 3.11. The number of guanidine groups is 1. The molecule has 0 amide bonds. The van der Waals surface area contributed by atoms with Gasteiger partial charge in [0, 0.05) is 42.3 Å². The van der Waals surface area contributed by atoms with Crippen molar-refractivity contribution in [3.05, 3.63) is 28.8 Å². The van der Waals surface area contributed by atoms with Crippen LogP contribution < -0.4 is 15.4 Å². The van der Waals surface area contributed by atoms with Crippen LogP contribution in [0.5, 0.6) is 5.75 Å². The molecule has 1 aliphatic heterocycles. The van der Waals surface area contributed by atoms with Crippen LogP contribution in [-0.2, 0) is 10.2 Å². The molecule has 0 saturated carbocycles. The predicted octanol–water partition coefficient (Wildman–Crippen LogP) is 3.59. The minimum atomic E-state index is -0.120. The summed E-state index contributed by atoms with van der Waals surface area (Å²) in [5.41, 5.74) is 1.00. The quantitative estimate of drug-likeness (QED) is 0.370. The average Bonchev–Trinajstić information content (AvgIpc) is 2.61. The minimum Gasteiger partial charge on any atom is -0.496 e. The molecule has 5 nitrogen and oxygen atoms in total. The summed E-state index contributed by atoms with van der Waals surface area (Å²) in [6, 6.07) is 5.82. The van der Waals surface area contributed by atoms with Crippen molar-refractivity contribution < 1.29 is 9.47 Å². The van der Waals surface area contributed by atoms with E-state index in [2.05, 4.69) is 24.5 Å². The van der Waals surface area contributed by atoms with Crippen LogP contribution in [0, 0.1) is 0 Å². The second kappa shape index (κ2) is 11.1. The first-order valence-electron chi connectivity index (χ1n) is 8.59. The molecule has 0 radical (unpaired) electrons. The Hall–Kier alpha value is -0.730. The summed E-state index contributed by atoms with van der Waals surface area (Å²) >= 11 is 6.27. The van der Waals surface area contributed by atoms with Gasteiger partial charge in [0.25, 0.3) is 0 Å². The Labute approximate surface area is 172 Å². The molecule has 1 aromatic carbocycles. The maximum absolute atomic E-state index is 6.27. The predicted molar refractivity (Wildman–Crippen MR) is 115 cm³/mol. The van der Waals surface area contributed by atoms with Crippen molar-refractivity contribution in [3.8, 4) is 5.75 Å². The summed E-state index contributed by atoms with van der Waals surface area (Å²) < 4.78 is 11.2. The van der Waals surface area contributed by atoms with Gasteiger partial charge in [0.2, 0.25) is 0 Å². The summed E-state index contributed by atoms with van der Waals surface area (Å²) in [6.45, 7) is 7.92. The van der Waals surface area contributed by atoms with Crippen LogP contribution in [0.3, 0.4) is 0 Å². The Balaban J connectivity index is 0.00000312. The molecule has 1 aromatic rings. The molecule has 1 heterocycles. The molecule has 0 unspecified atom stereocenters.